The van der Waals surface area contributed by atoms with Crippen LogP contribution in [0, 0.1) is 11.3 Å². The standard InChI is InChI=1S/C19H20N2O3S/c20-12-14-3-5-15(6-4-14)24-18-9-10-23-13-17(18)21-19(22)8-7-16-2-1-11-25-16/h1-6,11,17-18H,7-10,13H2,(H,21,22)/t17-,18-/m1/s1. The molecular weight excluding hydrogens is 336 g/mol. The van der Waals surface area contributed by atoms with Gasteiger partial charge in [-0.2, -0.15) is 5.26 Å². The minimum atomic E-state index is -0.166. The van der Waals surface area contributed by atoms with Gasteiger partial charge in [0, 0.05) is 17.7 Å². The Balaban J connectivity index is 1.54. The fourth-order valence-electron chi connectivity index (χ4n) is 2.75. The third-order valence-corrected chi connectivity index (χ3v) is 5.02. The van der Waals surface area contributed by atoms with Gasteiger partial charge in [0.2, 0.25) is 5.91 Å². The zero-order chi connectivity index (χ0) is 17.5. The summed E-state index contributed by atoms with van der Waals surface area (Å²) in [6, 6.07) is 13.0. The van der Waals surface area contributed by atoms with Crippen LogP contribution in [0.5, 0.6) is 5.75 Å². The summed E-state index contributed by atoms with van der Waals surface area (Å²) in [5.41, 5.74) is 0.595. The first-order valence-corrected chi connectivity index (χ1v) is 9.19. The molecule has 1 aliphatic rings. The molecule has 25 heavy (non-hydrogen) atoms. The van der Waals surface area contributed by atoms with E-state index in [2.05, 4.69) is 11.4 Å². The molecule has 1 aromatic heterocycles. The van der Waals surface area contributed by atoms with Crippen molar-refractivity contribution in [3.63, 3.8) is 0 Å². The maximum absolute atomic E-state index is 12.2. The van der Waals surface area contributed by atoms with Crippen LogP contribution in [0.15, 0.2) is 41.8 Å². The highest BCUT2D eigenvalue weighted by molar-refractivity contribution is 7.09. The van der Waals surface area contributed by atoms with Crippen LogP contribution in [-0.2, 0) is 16.0 Å². The third kappa shape index (κ3) is 5.05. The Morgan fingerprint density at radius 2 is 2.20 bits per heavy atom. The minimum absolute atomic E-state index is 0.0114. The molecule has 1 amide bonds. The van der Waals surface area contributed by atoms with Crippen LogP contribution in [0.2, 0.25) is 0 Å². The Hall–Kier alpha value is -2.36. The lowest BCUT2D eigenvalue weighted by atomic mass is 10.1. The van der Waals surface area contributed by atoms with Crippen LogP contribution in [0.3, 0.4) is 0 Å². The van der Waals surface area contributed by atoms with E-state index in [-0.39, 0.29) is 18.1 Å². The summed E-state index contributed by atoms with van der Waals surface area (Å²) in [7, 11) is 0. The molecule has 1 N–H and O–H groups in total. The van der Waals surface area contributed by atoms with Gasteiger partial charge in [0.15, 0.2) is 0 Å². The van der Waals surface area contributed by atoms with Crippen LogP contribution in [0.1, 0.15) is 23.3 Å². The van der Waals surface area contributed by atoms with Gasteiger partial charge in [-0.25, -0.2) is 0 Å². The van der Waals surface area contributed by atoms with Crippen LogP contribution < -0.4 is 10.1 Å². The smallest absolute Gasteiger partial charge is 0.220 e. The number of carbonyl (C=O) groups is 1. The van der Waals surface area contributed by atoms with Gasteiger partial charge in [0.25, 0.3) is 0 Å². The van der Waals surface area contributed by atoms with Gasteiger partial charge in [-0.3, -0.25) is 4.79 Å². The molecule has 1 saturated heterocycles. The molecule has 5 nitrogen and oxygen atoms in total. The molecule has 6 heteroatoms. The van der Waals surface area contributed by atoms with Crippen LogP contribution in [-0.4, -0.2) is 31.3 Å². The number of nitrogens with zero attached hydrogens (tertiary/aromatic N) is 1. The van der Waals surface area contributed by atoms with Gasteiger partial charge in [-0.15, -0.1) is 11.3 Å². The fraction of sp³-hybridized carbons (Fsp3) is 0.368. The number of ether oxygens (including phenoxy) is 2. The van der Waals surface area contributed by atoms with E-state index in [1.165, 1.54) is 4.88 Å². The SMILES string of the molecule is N#Cc1ccc(O[C@@H]2CCOC[C@H]2NC(=O)CCc2cccs2)cc1. The van der Waals surface area contributed by atoms with Gasteiger partial charge < -0.3 is 14.8 Å². The lowest BCUT2D eigenvalue weighted by Crippen LogP contribution is -2.51. The summed E-state index contributed by atoms with van der Waals surface area (Å²) < 4.78 is 11.5. The molecule has 2 atom stereocenters. The first kappa shape index (κ1) is 17.5. The van der Waals surface area contributed by atoms with E-state index in [4.69, 9.17) is 14.7 Å². The lowest BCUT2D eigenvalue weighted by Gasteiger charge is -2.32. The number of thiophene rings is 1. The largest absolute Gasteiger partial charge is 0.488 e. The third-order valence-electron chi connectivity index (χ3n) is 4.09. The number of nitrogens with one attached hydrogen (secondary N) is 1. The zero-order valence-corrected chi connectivity index (χ0v) is 14.6. The van der Waals surface area contributed by atoms with E-state index < -0.39 is 0 Å². The quantitative estimate of drug-likeness (QED) is 0.864. The number of benzene rings is 1. The van der Waals surface area contributed by atoms with Crippen molar-refractivity contribution >= 4 is 17.2 Å². The second kappa shape index (κ2) is 8.65. The topological polar surface area (TPSA) is 71.3 Å². The van der Waals surface area contributed by atoms with E-state index in [1.54, 1.807) is 35.6 Å². The maximum Gasteiger partial charge on any atom is 0.220 e. The highest BCUT2D eigenvalue weighted by atomic mass is 32.1. The summed E-state index contributed by atoms with van der Waals surface area (Å²) in [6.07, 6.45) is 1.79. The molecular formula is C19H20N2O3S. The molecule has 0 unspecified atom stereocenters. The number of aryl methyl sites for hydroxylation is 1. The molecule has 130 valence electrons. The number of nitriles is 1. The molecule has 0 bridgehead atoms. The van der Waals surface area contributed by atoms with Crippen molar-refractivity contribution in [2.45, 2.75) is 31.4 Å². The molecule has 1 fully saturated rings. The van der Waals surface area contributed by atoms with Crippen LogP contribution in [0.25, 0.3) is 0 Å². The van der Waals surface area contributed by atoms with Crippen molar-refractivity contribution < 1.29 is 14.3 Å². The molecule has 1 aliphatic heterocycles. The second-order valence-corrected chi connectivity index (χ2v) is 6.94. The average molecular weight is 356 g/mol. The van der Waals surface area contributed by atoms with Gasteiger partial charge >= 0.3 is 0 Å². The van der Waals surface area contributed by atoms with Crippen molar-refractivity contribution in [3.8, 4) is 11.8 Å². The number of rotatable bonds is 6. The van der Waals surface area contributed by atoms with Crippen LogP contribution in [0.4, 0.5) is 0 Å². The number of hydrogen-bond acceptors (Lipinski definition) is 5. The zero-order valence-electron chi connectivity index (χ0n) is 13.8. The Labute approximate surface area is 151 Å². The van der Waals surface area contributed by atoms with Gasteiger partial charge in [-0.1, -0.05) is 6.07 Å². The molecule has 2 aromatic rings. The first-order chi connectivity index (χ1) is 12.2. The highest BCUT2D eigenvalue weighted by Crippen LogP contribution is 2.19. The summed E-state index contributed by atoms with van der Waals surface area (Å²) >= 11 is 1.66. The van der Waals surface area contributed by atoms with E-state index in [0.717, 1.165) is 12.8 Å². The summed E-state index contributed by atoms with van der Waals surface area (Å²) in [4.78, 5) is 13.4. The predicted octanol–water partition coefficient (Wildman–Crippen LogP) is 2.91. The molecule has 0 spiro atoms. The van der Waals surface area contributed by atoms with E-state index in [0.29, 0.717) is 30.9 Å². The first-order valence-electron chi connectivity index (χ1n) is 8.31. The molecule has 1 aromatic carbocycles. The van der Waals surface area contributed by atoms with Crippen molar-refractivity contribution in [2.75, 3.05) is 13.2 Å². The fourth-order valence-corrected chi connectivity index (χ4v) is 3.46. The van der Waals surface area contributed by atoms with Gasteiger partial charge in [0.05, 0.1) is 30.9 Å². The van der Waals surface area contributed by atoms with Gasteiger partial charge in [-0.05, 0) is 42.1 Å². The summed E-state index contributed by atoms with van der Waals surface area (Å²) in [5.74, 6) is 0.709. The lowest BCUT2D eigenvalue weighted by molar-refractivity contribution is -0.124. The molecule has 2 heterocycles. The van der Waals surface area contributed by atoms with E-state index in [9.17, 15) is 4.79 Å². The maximum atomic E-state index is 12.2. The Bertz CT molecular complexity index is 722. The van der Waals surface area contributed by atoms with Crippen molar-refractivity contribution in [2.24, 2.45) is 0 Å². The predicted molar refractivity (Wildman–Crippen MR) is 95.6 cm³/mol. The van der Waals surface area contributed by atoms with Crippen molar-refractivity contribution in [3.05, 3.63) is 52.2 Å². The molecule has 0 radical (unpaired) electrons. The molecule has 3 rings (SSSR count). The normalized spacial score (nSPS) is 19.8. The molecule has 0 aliphatic carbocycles. The Morgan fingerprint density at radius 1 is 1.36 bits per heavy atom. The monoisotopic (exact) mass is 356 g/mol. The van der Waals surface area contributed by atoms with Crippen molar-refractivity contribution in [1.82, 2.24) is 5.32 Å². The average Bonchev–Trinajstić information content (AvgIpc) is 3.16. The highest BCUT2D eigenvalue weighted by Gasteiger charge is 2.28. The number of carbonyl (C=O) groups excluding carboxylic acids is 1. The van der Waals surface area contributed by atoms with Crippen LogP contribution >= 0.6 is 11.3 Å². The summed E-state index contributed by atoms with van der Waals surface area (Å²) in [5, 5.41) is 13.9. The van der Waals surface area contributed by atoms with E-state index in [1.807, 2.05) is 17.5 Å². The van der Waals surface area contributed by atoms with Gasteiger partial charge in [0.1, 0.15) is 11.9 Å². The van der Waals surface area contributed by atoms with Crippen molar-refractivity contribution in [1.29, 1.82) is 5.26 Å². The Kier molecular flexibility index (Phi) is 6.04. The Morgan fingerprint density at radius 3 is 2.92 bits per heavy atom. The van der Waals surface area contributed by atoms with E-state index >= 15 is 0 Å². The summed E-state index contributed by atoms with van der Waals surface area (Å²) in [6.45, 7) is 1.06. The number of hydrogen-bond donors (Lipinski definition) is 1. The minimum Gasteiger partial charge on any atom is -0.488 e. The number of amides is 1. The second-order valence-electron chi connectivity index (χ2n) is 5.91. The molecule has 0 saturated carbocycles.